The fourth-order valence-electron chi connectivity index (χ4n) is 5.45. The van der Waals surface area contributed by atoms with Crippen LogP contribution >= 0.6 is 0 Å². The van der Waals surface area contributed by atoms with Crippen molar-refractivity contribution >= 4 is 11.8 Å². The van der Waals surface area contributed by atoms with Gasteiger partial charge in [-0.15, -0.1) is 0 Å². The maximum absolute atomic E-state index is 12.9. The number of likely N-dealkylation sites (tertiary alicyclic amines) is 1. The number of piperidine rings is 1. The number of ether oxygens (including phenoxy) is 1. The molecule has 5 nitrogen and oxygen atoms in total. The second-order valence-electron chi connectivity index (χ2n) is 7.79. The zero-order valence-corrected chi connectivity index (χ0v) is 14.8. The predicted molar refractivity (Wildman–Crippen MR) is 92.4 cm³/mol. The highest BCUT2D eigenvalue weighted by molar-refractivity contribution is 6.00. The van der Waals surface area contributed by atoms with Crippen LogP contribution in [0.5, 0.6) is 5.75 Å². The number of ketones is 1. The van der Waals surface area contributed by atoms with E-state index in [-0.39, 0.29) is 28.8 Å². The molecule has 2 aliphatic carbocycles. The fraction of sp³-hybridized carbons (Fsp3) is 0.600. The summed E-state index contributed by atoms with van der Waals surface area (Å²) in [5.41, 5.74) is 2.11. The number of rotatable bonds is 2. The third kappa shape index (κ3) is 2.40. The number of phenolic OH excluding ortho intramolecular Hbond substituents is 1. The number of aromatic hydroxyl groups is 1. The molecule has 1 N–H and O–H groups in total. The highest BCUT2D eigenvalue weighted by Gasteiger charge is 2.58. The Morgan fingerprint density at radius 2 is 2.24 bits per heavy atom. The van der Waals surface area contributed by atoms with Crippen LogP contribution in [0.1, 0.15) is 37.3 Å². The number of carbonyl (C=O) groups excluding carboxylic acids is 2. The third-order valence-corrected chi connectivity index (χ3v) is 6.65. The lowest BCUT2D eigenvalue weighted by Crippen LogP contribution is -2.62. The molecule has 4 atom stereocenters. The standard InChI is InChI=1S/C20H25NO4/c1-3-25-19(24)14-10-16-17-8-12-4-5-13(22)9-15(12)20(16,11-18(14)23)6-7-21(17)2/h4-5,9,14,16-17,22H,3,6-8,10-11H2,1-2H3/t14-,16-,17+,20+/m0/s1. The molecule has 4 rings (SSSR count). The van der Waals surface area contributed by atoms with Crippen molar-refractivity contribution in [3.8, 4) is 5.75 Å². The monoisotopic (exact) mass is 343 g/mol. The minimum atomic E-state index is -0.633. The van der Waals surface area contributed by atoms with Crippen LogP contribution < -0.4 is 0 Å². The number of esters is 1. The van der Waals surface area contributed by atoms with Gasteiger partial charge in [0.05, 0.1) is 6.61 Å². The molecule has 0 spiro atoms. The number of benzene rings is 1. The lowest BCUT2D eigenvalue weighted by Gasteiger charge is -2.58. The molecule has 1 saturated carbocycles. The minimum absolute atomic E-state index is 0.00537. The lowest BCUT2D eigenvalue weighted by atomic mass is 9.50. The van der Waals surface area contributed by atoms with Gasteiger partial charge in [0.15, 0.2) is 0 Å². The number of Topliss-reactive ketones (excluding diaryl/α,β-unsaturated/α-hetero) is 1. The van der Waals surface area contributed by atoms with Gasteiger partial charge in [-0.2, -0.15) is 0 Å². The van der Waals surface area contributed by atoms with Gasteiger partial charge in [-0.05, 0) is 69.0 Å². The molecule has 0 amide bonds. The molecule has 134 valence electrons. The number of likely N-dealkylation sites (N-methyl/N-ethyl adjacent to an activating group) is 1. The molecule has 1 heterocycles. The van der Waals surface area contributed by atoms with E-state index in [0.717, 1.165) is 24.9 Å². The third-order valence-electron chi connectivity index (χ3n) is 6.65. The smallest absolute Gasteiger partial charge is 0.316 e. The van der Waals surface area contributed by atoms with Crippen LogP contribution in [0, 0.1) is 11.8 Å². The average molecular weight is 343 g/mol. The summed E-state index contributed by atoms with van der Waals surface area (Å²) < 4.78 is 5.15. The zero-order chi connectivity index (χ0) is 17.8. The first-order valence-corrected chi connectivity index (χ1v) is 9.18. The maximum atomic E-state index is 12.9. The van der Waals surface area contributed by atoms with Crippen LogP contribution in [-0.2, 0) is 26.2 Å². The van der Waals surface area contributed by atoms with E-state index in [4.69, 9.17) is 4.74 Å². The molecule has 25 heavy (non-hydrogen) atoms. The highest BCUT2D eigenvalue weighted by atomic mass is 16.5. The molecule has 1 saturated heterocycles. The summed E-state index contributed by atoms with van der Waals surface area (Å²) in [5, 5.41) is 10.0. The predicted octanol–water partition coefficient (Wildman–Crippen LogP) is 2.05. The Labute approximate surface area is 148 Å². The van der Waals surface area contributed by atoms with Crippen molar-refractivity contribution < 1.29 is 19.4 Å². The first-order chi connectivity index (χ1) is 12.0. The Bertz CT molecular complexity index is 730. The van der Waals surface area contributed by atoms with E-state index in [1.54, 1.807) is 13.0 Å². The quantitative estimate of drug-likeness (QED) is 0.658. The second kappa shape index (κ2) is 5.84. The molecule has 3 aliphatic rings. The van der Waals surface area contributed by atoms with E-state index in [2.05, 4.69) is 11.9 Å². The van der Waals surface area contributed by atoms with Gasteiger partial charge in [-0.1, -0.05) is 6.07 Å². The van der Waals surface area contributed by atoms with E-state index in [1.165, 1.54) is 5.56 Å². The lowest BCUT2D eigenvalue weighted by molar-refractivity contribution is -0.157. The van der Waals surface area contributed by atoms with Crippen LogP contribution in [0.15, 0.2) is 18.2 Å². The highest BCUT2D eigenvalue weighted by Crippen LogP contribution is 2.56. The Balaban J connectivity index is 1.78. The molecule has 5 heteroatoms. The molecular formula is C20H25NO4. The zero-order valence-electron chi connectivity index (χ0n) is 14.8. The maximum Gasteiger partial charge on any atom is 0.316 e. The van der Waals surface area contributed by atoms with Gasteiger partial charge in [0, 0.05) is 17.9 Å². The summed E-state index contributed by atoms with van der Waals surface area (Å²) in [6.07, 6.45) is 2.73. The summed E-state index contributed by atoms with van der Waals surface area (Å²) in [6, 6.07) is 5.91. The Morgan fingerprint density at radius 3 is 3.00 bits per heavy atom. The van der Waals surface area contributed by atoms with Gasteiger partial charge < -0.3 is 14.7 Å². The topological polar surface area (TPSA) is 66.8 Å². The van der Waals surface area contributed by atoms with E-state index >= 15 is 0 Å². The van der Waals surface area contributed by atoms with Gasteiger partial charge in [-0.3, -0.25) is 9.59 Å². The summed E-state index contributed by atoms with van der Waals surface area (Å²) in [4.78, 5) is 27.5. The molecule has 2 fully saturated rings. The van der Waals surface area contributed by atoms with Crippen LogP contribution in [0.4, 0.5) is 0 Å². The molecule has 1 aromatic carbocycles. The van der Waals surface area contributed by atoms with E-state index in [1.807, 2.05) is 12.1 Å². The van der Waals surface area contributed by atoms with Gasteiger partial charge >= 0.3 is 5.97 Å². The number of fused-ring (bicyclic) bond motifs is 1. The largest absolute Gasteiger partial charge is 0.508 e. The Kier molecular flexibility index (Phi) is 3.87. The average Bonchev–Trinajstić information content (AvgIpc) is 2.58. The summed E-state index contributed by atoms with van der Waals surface area (Å²) in [7, 11) is 2.13. The summed E-state index contributed by atoms with van der Waals surface area (Å²) >= 11 is 0. The fourth-order valence-corrected chi connectivity index (χ4v) is 5.45. The van der Waals surface area contributed by atoms with Gasteiger partial charge in [0.1, 0.15) is 17.5 Å². The van der Waals surface area contributed by atoms with E-state index in [0.29, 0.717) is 25.5 Å². The molecule has 0 radical (unpaired) electrons. The van der Waals surface area contributed by atoms with Crippen molar-refractivity contribution in [2.75, 3.05) is 20.2 Å². The van der Waals surface area contributed by atoms with Crippen LogP contribution in [-0.4, -0.2) is 48.0 Å². The van der Waals surface area contributed by atoms with Crippen molar-refractivity contribution in [2.45, 2.75) is 44.1 Å². The molecule has 1 aliphatic heterocycles. The van der Waals surface area contributed by atoms with Crippen molar-refractivity contribution in [1.29, 1.82) is 0 Å². The number of hydrogen-bond donors (Lipinski definition) is 1. The number of phenols is 1. The van der Waals surface area contributed by atoms with Gasteiger partial charge in [0.2, 0.25) is 0 Å². The van der Waals surface area contributed by atoms with E-state index in [9.17, 15) is 14.7 Å². The number of nitrogens with zero attached hydrogens (tertiary/aromatic N) is 1. The Morgan fingerprint density at radius 1 is 1.44 bits per heavy atom. The molecule has 2 bridgehead atoms. The molecule has 1 aromatic rings. The second-order valence-corrected chi connectivity index (χ2v) is 7.79. The first-order valence-electron chi connectivity index (χ1n) is 9.18. The molecule has 0 unspecified atom stereocenters. The van der Waals surface area contributed by atoms with Crippen LogP contribution in [0.2, 0.25) is 0 Å². The van der Waals surface area contributed by atoms with Crippen molar-refractivity contribution in [3.63, 3.8) is 0 Å². The summed E-state index contributed by atoms with van der Waals surface area (Å²) in [5.74, 6) is -0.512. The van der Waals surface area contributed by atoms with Gasteiger partial charge in [-0.25, -0.2) is 0 Å². The van der Waals surface area contributed by atoms with Gasteiger partial charge in [0.25, 0.3) is 0 Å². The van der Waals surface area contributed by atoms with Crippen molar-refractivity contribution in [3.05, 3.63) is 29.3 Å². The summed E-state index contributed by atoms with van der Waals surface area (Å²) in [6.45, 7) is 3.01. The van der Waals surface area contributed by atoms with Crippen molar-refractivity contribution in [2.24, 2.45) is 11.8 Å². The van der Waals surface area contributed by atoms with Crippen LogP contribution in [0.25, 0.3) is 0 Å². The Hall–Kier alpha value is -1.88. The number of hydrogen-bond acceptors (Lipinski definition) is 5. The van der Waals surface area contributed by atoms with Crippen molar-refractivity contribution in [1.82, 2.24) is 4.90 Å². The SMILES string of the molecule is CCOC(=O)[C@H]1C[C@H]2[C@H]3Cc4ccc(O)cc4[C@@]2(CCN3C)CC1=O. The normalized spacial score (nSPS) is 34.2. The molecule has 0 aromatic heterocycles. The molecular weight excluding hydrogens is 318 g/mol. The first kappa shape index (κ1) is 16.6. The van der Waals surface area contributed by atoms with E-state index < -0.39 is 5.92 Å². The van der Waals surface area contributed by atoms with Crippen LogP contribution in [0.3, 0.4) is 0 Å². The minimum Gasteiger partial charge on any atom is -0.508 e. The number of carbonyl (C=O) groups is 2.